The minimum Gasteiger partial charge on any atom is -0.479 e. The van der Waals surface area contributed by atoms with E-state index in [4.69, 9.17) is 5.11 Å². The van der Waals surface area contributed by atoms with Crippen LogP contribution in [0.25, 0.3) is 0 Å². The topological polar surface area (TPSA) is 37.3 Å². The van der Waals surface area contributed by atoms with Crippen molar-refractivity contribution >= 4 is 17.3 Å². The van der Waals surface area contributed by atoms with E-state index in [0.717, 1.165) is 5.38 Å². The van der Waals surface area contributed by atoms with Gasteiger partial charge in [-0.3, -0.25) is 0 Å². The van der Waals surface area contributed by atoms with Crippen molar-refractivity contribution in [2.24, 2.45) is 0 Å². The van der Waals surface area contributed by atoms with Gasteiger partial charge in [0.15, 0.2) is 0 Å². The first-order valence-electron chi connectivity index (χ1n) is 3.34. The van der Waals surface area contributed by atoms with Crippen LogP contribution >= 0.6 is 11.3 Å². The molecule has 78 valence electrons. The van der Waals surface area contributed by atoms with E-state index < -0.39 is 29.4 Å². The van der Waals surface area contributed by atoms with E-state index in [2.05, 4.69) is 0 Å². The zero-order valence-electron chi connectivity index (χ0n) is 6.51. The van der Waals surface area contributed by atoms with Crippen molar-refractivity contribution in [2.45, 2.75) is 12.3 Å². The van der Waals surface area contributed by atoms with E-state index in [1.807, 2.05) is 0 Å². The Morgan fingerprint density at radius 3 is 2.43 bits per heavy atom. The Morgan fingerprint density at radius 2 is 2.00 bits per heavy atom. The molecule has 0 aliphatic carbocycles. The second kappa shape index (κ2) is 3.56. The third kappa shape index (κ3) is 2.03. The van der Waals surface area contributed by atoms with Crippen LogP contribution in [0.5, 0.6) is 0 Å². The van der Waals surface area contributed by atoms with Crippen LogP contribution in [-0.2, 0) is 11.0 Å². The molecule has 0 aliphatic rings. The zero-order valence-corrected chi connectivity index (χ0v) is 7.32. The van der Waals surface area contributed by atoms with Crippen molar-refractivity contribution in [3.05, 3.63) is 21.9 Å². The molecule has 0 fully saturated rings. The van der Waals surface area contributed by atoms with E-state index in [9.17, 15) is 22.4 Å². The van der Waals surface area contributed by atoms with Crippen molar-refractivity contribution < 1.29 is 27.5 Å². The molecule has 0 aromatic carbocycles. The Labute approximate surface area is 79.8 Å². The van der Waals surface area contributed by atoms with E-state index >= 15 is 0 Å². The molecule has 1 N–H and O–H groups in total. The van der Waals surface area contributed by atoms with Crippen LogP contribution in [0, 0.1) is 0 Å². The summed E-state index contributed by atoms with van der Waals surface area (Å²) in [5, 5.41) is 9.74. The first-order valence-corrected chi connectivity index (χ1v) is 4.28. The molecule has 0 saturated carbocycles. The van der Waals surface area contributed by atoms with Crippen LogP contribution in [0.4, 0.5) is 17.6 Å². The lowest BCUT2D eigenvalue weighted by molar-refractivity contribution is -0.145. The van der Waals surface area contributed by atoms with Crippen molar-refractivity contribution in [3.8, 4) is 0 Å². The molecule has 14 heavy (non-hydrogen) atoms. The van der Waals surface area contributed by atoms with Gasteiger partial charge in [0.05, 0.1) is 5.56 Å². The van der Waals surface area contributed by atoms with Crippen LogP contribution in [0.1, 0.15) is 17.3 Å². The SMILES string of the molecule is O=C(O)C(F)c1cscc1C(F)(F)F. The number of carboxylic acid groups (broad SMARTS) is 1. The predicted molar refractivity (Wildman–Crippen MR) is 40.8 cm³/mol. The molecular weight excluding hydrogens is 224 g/mol. The summed E-state index contributed by atoms with van der Waals surface area (Å²) in [7, 11) is 0. The Hall–Kier alpha value is -1.11. The molecule has 0 radical (unpaired) electrons. The Bertz CT molecular complexity index is 344. The molecule has 2 nitrogen and oxygen atoms in total. The van der Waals surface area contributed by atoms with Gasteiger partial charge in [-0.2, -0.15) is 24.5 Å². The summed E-state index contributed by atoms with van der Waals surface area (Å²) < 4.78 is 49.2. The summed E-state index contributed by atoms with van der Waals surface area (Å²) in [6.45, 7) is 0. The first kappa shape index (κ1) is 11.0. The lowest BCUT2D eigenvalue weighted by atomic mass is 10.1. The van der Waals surface area contributed by atoms with Crippen LogP contribution < -0.4 is 0 Å². The number of hydrogen-bond acceptors (Lipinski definition) is 2. The molecule has 1 aromatic heterocycles. The van der Waals surface area contributed by atoms with Gasteiger partial charge in [-0.15, -0.1) is 0 Å². The molecular formula is C7H4F4O2S. The summed E-state index contributed by atoms with van der Waals surface area (Å²) in [6, 6.07) is 0. The largest absolute Gasteiger partial charge is 0.479 e. The molecule has 1 rings (SSSR count). The second-order valence-electron chi connectivity index (χ2n) is 2.44. The Balaban J connectivity index is 3.11. The van der Waals surface area contributed by atoms with Crippen LogP contribution in [0.15, 0.2) is 10.8 Å². The maximum Gasteiger partial charge on any atom is 0.417 e. The highest BCUT2D eigenvalue weighted by Gasteiger charge is 2.37. The van der Waals surface area contributed by atoms with Crippen LogP contribution in [-0.4, -0.2) is 11.1 Å². The quantitative estimate of drug-likeness (QED) is 0.790. The third-order valence-corrected chi connectivity index (χ3v) is 2.25. The van der Waals surface area contributed by atoms with Crippen molar-refractivity contribution in [2.75, 3.05) is 0 Å². The molecule has 7 heteroatoms. The molecule has 1 unspecified atom stereocenters. The fraction of sp³-hybridized carbons (Fsp3) is 0.286. The number of halogens is 4. The molecule has 0 bridgehead atoms. The molecule has 1 atom stereocenters. The number of carboxylic acids is 1. The van der Waals surface area contributed by atoms with Crippen LogP contribution in [0.2, 0.25) is 0 Å². The smallest absolute Gasteiger partial charge is 0.417 e. The number of rotatable bonds is 2. The van der Waals surface area contributed by atoms with Crippen molar-refractivity contribution in [3.63, 3.8) is 0 Å². The number of carbonyl (C=O) groups is 1. The van der Waals surface area contributed by atoms with E-state index in [-0.39, 0.29) is 0 Å². The number of aliphatic carboxylic acids is 1. The number of thiophene rings is 1. The molecule has 1 heterocycles. The average Bonchev–Trinajstić information content (AvgIpc) is 2.48. The van der Waals surface area contributed by atoms with Crippen molar-refractivity contribution in [1.82, 2.24) is 0 Å². The minimum absolute atomic E-state index is 0.615. The van der Waals surface area contributed by atoms with Gasteiger partial charge in [-0.1, -0.05) is 0 Å². The number of hydrogen-bond donors (Lipinski definition) is 1. The van der Waals surface area contributed by atoms with Gasteiger partial charge in [0.25, 0.3) is 0 Å². The Morgan fingerprint density at radius 1 is 1.43 bits per heavy atom. The molecule has 1 aromatic rings. The maximum atomic E-state index is 12.8. The van der Waals surface area contributed by atoms with E-state index in [1.54, 1.807) is 0 Å². The molecule has 0 saturated heterocycles. The molecule has 0 amide bonds. The molecule has 0 spiro atoms. The van der Waals surface area contributed by atoms with Gasteiger partial charge in [0.2, 0.25) is 6.17 Å². The van der Waals surface area contributed by atoms with Gasteiger partial charge in [-0.25, -0.2) is 9.18 Å². The summed E-state index contributed by atoms with van der Waals surface area (Å²) >= 11 is 0.615. The maximum absolute atomic E-state index is 12.8. The number of alkyl halides is 4. The minimum atomic E-state index is -4.71. The summed E-state index contributed by atoms with van der Waals surface area (Å²) in [4.78, 5) is 10.1. The average molecular weight is 228 g/mol. The summed E-state index contributed by atoms with van der Waals surface area (Å²) in [5.74, 6) is -1.92. The van der Waals surface area contributed by atoms with Gasteiger partial charge >= 0.3 is 12.1 Å². The van der Waals surface area contributed by atoms with Crippen LogP contribution in [0.3, 0.4) is 0 Å². The third-order valence-electron chi connectivity index (χ3n) is 1.49. The van der Waals surface area contributed by atoms with Gasteiger partial charge in [0, 0.05) is 10.9 Å². The van der Waals surface area contributed by atoms with Gasteiger partial charge in [-0.05, 0) is 5.38 Å². The summed E-state index contributed by atoms with van der Waals surface area (Å²) in [6.07, 6.45) is -7.34. The second-order valence-corrected chi connectivity index (χ2v) is 3.18. The lowest BCUT2D eigenvalue weighted by Gasteiger charge is -2.08. The fourth-order valence-electron chi connectivity index (χ4n) is 0.867. The van der Waals surface area contributed by atoms with Crippen molar-refractivity contribution in [1.29, 1.82) is 0 Å². The van der Waals surface area contributed by atoms with E-state index in [0.29, 0.717) is 16.7 Å². The monoisotopic (exact) mass is 228 g/mol. The molecule has 0 aliphatic heterocycles. The zero-order chi connectivity index (χ0) is 10.9. The Kier molecular flexibility index (Phi) is 2.79. The highest BCUT2D eigenvalue weighted by atomic mass is 32.1. The normalized spacial score (nSPS) is 14.0. The summed E-state index contributed by atoms with van der Waals surface area (Å²) in [5.41, 5.74) is -2.06. The lowest BCUT2D eigenvalue weighted by Crippen LogP contribution is -2.12. The first-order chi connectivity index (χ1) is 6.34. The van der Waals surface area contributed by atoms with Gasteiger partial charge < -0.3 is 5.11 Å². The van der Waals surface area contributed by atoms with E-state index in [1.165, 1.54) is 0 Å². The highest BCUT2D eigenvalue weighted by molar-refractivity contribution is 7.08. The fourth-order valence-corrected chi connectivity index (χ4v) is 1.73. The predicted octanol–water partition coefficient (Wildman–Crippen LogP) is 2.86. The highest BCUT2D eigenvalue weighted by Crippen LogP contribution is 2.37. The standard InChI is InChI=1S/C7H4F4O2S/c8-5(6(12)13)3-1-14-2-4(3)7(9,10)11/h1-2,5H,(H,12,13). The van der Waals surface area contributed by atoms with Gasteiger partial charge in [0.1, 0.15) is 0 Å².